The number of fused-ring (bicyclic) bond motifs is 1. The van der Waals surface area contributed by atoms with Gasteiger partial charge in [0.05, 0.1) is 13.2 Å². The number of ether oxygens (including phenoxy) is 2. The zero-order chi connectivity index (χ0) is 16.1. The van der Waals surface area contributed by atoms with Crippen LogP contribution in [0.5, 0.6) is 11.5 Å². The summed E-state index contributed by atoms with van der Waals surface area (Å²) in [6.07, 6.45) is 3.43. The summed E-state index contributed by atoms with van der Waals surface area (Å²) >= 11 is 0. The first-order valence-corrected chi connectivity index (χ1v) is 8.34. The Morgan fingerprint density at radius 1 is 1.26 bits per heavy atom. The summed E-state index contributed by atoms with van der Waals surface area (Å²) in [5.74, 6) is 2.38. The summed E-state index contributed by atoms with van der Waals surface area (Å²) in [6.45, 7) is 3.48. The van der Waals surface area contributed by atoms with E-state index in [0.29, 0.717) is 19.3 Å². The molecule has 126 valence electrons. The zero-order valence-corrected chi connectivity index (χ0v) is 14.0. The SMILES string of the molecule is CN=C(NCC1CCCN1C)Nc1ccc2c(c1)OCCCO2. The maximum Gasteiger partial charge on any atom is 0.195 e. The molecule has 2 aliphatic rings. The zero-order valence-electron chi connectivity index (χ0n) is 14.0. The van der Waals surface area contributed by atoms with E-state index in [9.17, 15) is 0 Å². The molecule has 2 heterocycles. The lowest BCUT2D eigenvalue weighted by Gasteiger charge is -2.21. The van der Waals surface area contributed by atoms with Crippen LogP contribution in [-0.4, -0.2) is 57.3 Å². The number of anilines is 1. The van der Waals surface area contributed by atoms with E-state index < -0.39 is 0 Å². The normalized spacial score (nSPS) is 21.8. The van der Waals surface area contributed by atoms with Gasteiger partial charge >= 0.3 is 0 Å². The fourth-order valence-corrected chi connectivity index (χ4v) is 3.01. The van der Waals surface area contributed by atoms with E-state index in [1.165, 1.54) is 19.4 Å². The summed E-state index contributed by atoms with van der Waals surface area (Å²) in [5, 5.41) is 6.73. The van der Waals surface area contributed by atoms with Crippen molar-refractivity contribution in [2.75, 3.05) is 45.7 Å². The van der Waals surface area contributed by atoms with Gasteiger partial charge in [0.15, 0.2) is 17.5 Å². The molecule has 0 saturated carbocycles. The van der Waals surface area contributed by atoms with E-state index in [2.05, 4.69) is 27.6 Å². The van der Waals surface area contributed by atoms with Crippen molar-refractivity contribution in [2.24, 2.45) is 4.99 Å². The molecule has 6 nitrogen and oxygen atoms in total. The fraction of sp³-hybridized carbons (Fsp3) is 0.588. The molecule has 6 heteroatoms. The Labute approximate surface area is 137 Å². The van der Waals surface area contributed by atoms with Crippen LogP contribution < -0.4 is 20.1 Å². The minimum absolute atomic E-state index is 0.581. The Balaban J connectivity index is 1.59. The van der Waals surface area contributed by atoms with E-state index in [4.69, 9.17) is 9.47 Å². The summed E-state index contributed by atoms with van der Waals surface area (Å²) < 4.78 is 11.4. The summed E-state index contributed by atoms with van der Waals surface area (Å²) in [7, 11) is 3.97. The number of hydrogen-bond donors (Lipinski definition) is 2. The molecule has 0 spiro atoms. The van der Waals surface area contributed by atoms with Gasteiger partial charge in [-0.05, 0) is 38.6 Å². The molecule has 3 rings (SSSR count). The van der Waals surface area contributed by atoms with Crippen molar-refractivity contribution in [1.29, 1.82) is 0 Å². The van der Waals surface area contributed by atoms with Crippen molar-refractivity contribution in [2.45, 2.75) is 25.3 Å². The molecule has 1 atom stereocenters. The number of guanidine groups is 1. The molecule has 1 aromatic rings. The van der Waals surface area contributed by atoms with Crippen molar-refractivity contribution in [3.05, 3.63) is 18.2 Å². The van der Waals surface area contributed by atoms with Crippen LogP contribution in [0.25, 0.3) is 0 Å². The van der Waals surface area contributed by atoms with E-state index >= 15 is 0 Å². The second-order valence-corrected chi connectivity index (χ2v) is 6.07. The highest BCUT2D eigenvalue weighted by Crippen LogP contribution is 2.32. The minimum atomic E-state index is 0.581. The van der Waals surface area contributed by atoms with Gasteiger partial charge in [-0.2, -0.15) is 0 Å². The van der Waals surface area contributed by atoms with Crippen molar-refractivity contribution < 1.29 is 9.47 Å². The van der Waals surface area contributed by atoms with Crippen LogP contribution in [0.2, 0.25) is 0 Å². The largest absolute Gasteiger partial charge is 0.490 e. The summed E-state index contributed by atoms with van der Waals surface area (Å²) in [5.41, 5.74) is 0.946. The van der Waals surface area contributed by atoms with Crippen LogP contribution in [0.4, 0.5) is 5.69 Å². The van der Waals surface area contributed by atoms with Crippen LogP contribution in [0.15, 0.2) is 23.2 Å². The molecule has 0 aliphatic carbocycles. The van der Waals surface area contributed by atoms with Crippen LogP contribution in [-0.2, 0) is 0 Å². The predicted molar refractivity (Wildman–Crippen MR) is 92.7 cm³/mol. The van der Waals surface area contributed by atoms with Crippen LogP contribution in [0.1, 0.15) is 19.3 Å². The maximum absolute atomic E-state index is 5.73. The highest BCUT2D eigenvalue weighted by Gasteiger charge is 2.20. The summed E-state index contributed by atoms with van der Waals surface area (Å²) in [6, 6.07) is 6.48. The molecule has 23 heavy (non-hydrogen) atoms. The smallest absolute Gasteiger partial charge is 0.195 e. The molecular weight excluding hydrogens is 292 g/mol. The lowest BCUT2D eigenvalue weighted by Crippen LogP contribution is -2.40. The van der Waals surface area contributed by atoms with E-state index in [-0.39, 0.29) is 0 Å². The van der Waals surface area contributed by atoms with E-state index in [1.54, 1.807) is 7.05 Å². The number of nitrogens with zero attached hydrogens (tertiary/aromatic N) is 2. The molecule has 1 aromatic carbocycles. The van der Waals surface area contributed by atoms with Crippen LogP contribution in [0, 0.1) is 0 Å². The van der Waals surface area contributed by atoms with Gasteiger partial charge in [0.25, 0.3) is 0 Å². The third kappa shape index (κ3) is 4.07. The summed E-state index contributed by atoms with van der Waals surface area (Å²) in [4.78, 5) is 6.70. The van der Waals surface area contributed by atoms with Gasteiger partial charge in [-0.15, -0.1) is 0 Å². The Kier molecular flexibility index (Phi) is 5.23. The molecule has 0 amide bonds. The quantitative estimate of drug-likeness (QED) is 0.659. The van der Waals surface area contributed by atoms with Gasteiger partial charge < -0.3 is 25.0 Å². The Morgan fingerprint density at radius 2 is 2.09 bits per heavy atom. The fourth-order valence-electron chi connectivity index (χ4n) is 3.01. The Hall–Kier alpha value is -1.95. The van der Waals surface area contributed by atoms with Gasteiger partial charge in [-0.3, -0.25) is 4.99 Å². The first-order valence-electron chi connectivity index (χ1n) is 8.34. The number of aliphatic imine (C=N–C) groups is 1. The lowest BCUT2D eigenvalue weighted by atomic mass is 10.2. The van der Waals surface area contributed by atoms with E-state index in [0.717, 1.165) is 36.1 Å². The molecule has 1 fully saturated rings. The van der Waals surface area contributed by atoms with Gasteiger partial charge in [-0.25, -0.2) is 0 Å². The molecule has 2 aliphatic heterocycles. The number of nitrogens with one attached hydrogen (secondary N) is 2. The molecule has 1 saturated heterocycles. The molecule has 0 radical (unpaired) electrons. The highest BCUT2D eigenvalue weighted by molar-refractivity contribution is 5.93. The average molecular weight is 318 g/mol. The minimum Gasteiger partial charge on any atom is -0.490 e. The van der Waals surface area contributed by atoms with Crippen molar-refractivity contribution in [3.8, 4) is 11.5 Å². The second-order valence-electron chi connectivity index (χ2n) is 6.07. The van der Waals surface area contributed by atoms with E-state index in [1.807, 2.05) is 18.2 Å². The van der Waals surface area contributed by atoms with Gasteiger partial charge in [0.2, 0.25) is 0 Å². The molecule has 2 N–H and O–H groups in total. The molecule has 1 unspecified atom stereocenters. The number of likely N-dealkylation sites (tertiary alicyclic amines) is 1. The third-order valence-electron chi connectivity index (χ3n) is 4.41. The number of likely N-dealkylation sites (N-methyl/N-ethyl adjacent to an activating group) is 1. The second kappa shape index (κ2) is 7.55. The average Bonchev–Trinajstić information content (AvgIpc) is 2.83. The lowest BCUT2D eigenvalue weighted by molar-refractivity contribution is 0.297. The van der Waals surface area contributed by atoms with Crippen molar-refractivity contribution >= 4 is 11.6 Å². The molecule has 0 bridgehead atoms. The topological polar surface area (TPSA) is 58.1 Å². The first kappa shape index (κ1) is 15.9. The number of benzene rings is 1. The number of hydrogen-bond acceptors (Lipinski definition) is 4. The molecule has 0 aromatic heterocycles. The number of rotatable bonds is 3. The standard InChI is InChI=1S/C17H26N4O2/c1-18-17(19-12-14-5-3-8-21(14)2)20-13-6-7-15-16(11-13)23-10-4-9-22-15/h6-7,11,14H,3-5,8-10,12H2,1-2H3,(H2,18,19,20). The van der Waals surface area contributed by atoms with Gasteiger partial charge in [-0.1, -0.05) is 0 Å². The predicted octanol–water partition coefficient (Wildman–Crippen LogP) is 1.93. The van der Waals surface area contributed by atoms with Gasteiger partial charge in [0.1, 0.15) is 0 Å². The van der Waals surface area contributed by atoms with Crippen molar-refractivity contribution in [1.82, 2.24) is 10.2 Å². The van der Waals surface area contributed by atoms with Gasteiger partial charge in [0, 0.05) is 37.8 Å². The van der Waals surface area contributed by atoms with Crippen LogP contribution >= 0.6 is 0 Å². The Morgan fingerprint density at radius 3 is 2.83 bits per heavy atom. The Bertz CT molecular complexity index is 562. The highest BCUT2D eigenvalue weighted by atomic mass is 16.5. The third-order valence-corrected chi connectivity index (χ3v) is 4.41. The van der Waals surface area contributed by atoms with Crippen molar-refractivity contribution in [3.63, 3.8) is 0 Å². The first-order chi connectivity index (χ1) is 11.3. The van der Waals surface area contributed by atoms with Crippen LogP contribution in [0.3, 0.4) is 0 Å². The monoisotopic (exact) mass is 318 g/mol. The maximum atomic E-state index is 5.73. The molecular formula is C17H26N4O2.